The van der Waals surface area contributed by atoms with Gasteiger partial charge in [-0.05, 0) is 69.5 Å². The molecule has 0 saturated carbocycles. The lowest BCUT2D eigenvalue weighted by Gasteiger charge is -2.27. The summed E-state index contributed by atoms with van der Waals surface area (Å²) >= 11 is 6.59. The third-order valence-corrected chi connectivity index (χ3v) is 11.2. The maximum atomic E-state index is 13.2. The van der Waals surface area contributed by atoms with E-state index in [-0.39, 0.29) is 61.7 Å². The highest BCUT2D eigenvalue weighted by Crippen LogP contribution is 2.38. The molecule has 0 aliphatic carbocycles. The number of carbonyl (C=O) groups excluding carboxylic acids is 5. The van der Waals surface area contributed by atoms with Gasteiger partial charge in [-0.25, -0.2) is 0 Å². The van der Waals surface area contributed by atoms with Gasteiger partial charge < -0.3 is 49.1 Å². The summed E-state index contributed by atoms with van der Waals surface area (Å²) < 4.78 is 39.6. The summed E-state index contributed by atoms with van der Waals surface area (Å²) in [5.74, 6) is -1.69. The third-order valence-electron chi connectivity index (χ3n) is 10.9. The molecular weight excluding hydrogens is 952 g/mol. The summed E-state index contributed by atoms with van der Waals surface area (Å²) in [4.78, 5) is 72.7. The number of rotatable bonds is 30. The molecule has 1 aromatic heterocycles. The number of nitrogens with one attached hydrogen (secondary N) is 4. The van der Waals surface area contributed by atoms with Crippen molar-refractivity contribution in [1.82, 2.24) is 15.2 Å². The number of hydrogen-bond acceptors (Lipinski definition) is 17. The summed E-state index contributed by atoms with van der Waals surface area (Å²) in [5.41, 5.74) is 3.73. The summed E-state index contributed by atoms with van der Waals surface area (Å²) in [5, 5.41) is 22.4. The van der Waals surface area contributed by atoms with Crippen molar-refractivity contribution in [3.63, 3.8) is 0 Å². The molecule has 380 valence electrons. The Labute approximate surface area is 421 Å². The number of aliphatic imine (C=N–C) groups is 1. The second kappa shape index (κ2) is 28.0. The Morgan fingerprint density at radius 3 is 2.28 bits per heavy atom. The first-order chi connectivity index (χ1) is 35.1. The zero-order valence-electron chi connectivity index (χ0n) is 40.1. The van der Waals surface area contributed by atoms with Crippen LogP contribution >= 0.6 is 11.6 Å². The van der Waals surface area contributed by atoms with Crippen LogP contribution in [-0.4, -0.2) is 138 Å². The molecule has 21 heteroatoms. The summed E-state index contributed by atoms with van der Waals surface area (Å²) in [6.07, 6.45) is 7.16. The number of hydrogen-bond donors (Lipinski definition) is 4. The van der Waals surface area contributed by atoms with Gasteiger partial charge in [0.1, 0.15) is 30.2 Å². The standard InChI is InChI=1S/C51H57ClN8O12/c1-4-6-8-35(54-3)32-72-43-13-11-34(27-38(43)52)57-48-33(30-53)31-56-40-29-44(71-5-2)41(28-37(40)48)58-46(62)15-17-66-19-21-68-23-25-70-26-24-69-22-20-67-18-16-55-39-10-7-9-36-47(39)51(65)60(50(36)64)42-12-14-45(61)59-49(42)63/h4,6-11,13,27-29,31,42,55H,3,5,12,14-26,32H2,1-2H3,(H,56,57)(H,58,62)(H,59,61,63)/b6-4-,35-8-. The van der Waals surface area contributed by atoms with Crippen molar-refractivity contribution in [3.05, 3.63) is 100 Å². The van der Waals surface area contributed by atoms with Crippen LogP contribution in [0.3, 0.4) is 0 Å². The Hall–Kier alpha value is -7.25. The molecule has 2 aliphatic rings. The highest BCUT2D eigenvalue weighted by atomic mass is 35.5. The van der Waals surface area contributed by atoms with Crippen LogP contribution in [0.1, 0.15) is 59.4 Å². The van der Waals surface area contributed by atoms with Crippen molar-refractivity contribution < 1.29 is 57.1 Å². The predicted octanol–water partition coefficient (Wildman–Crippen LogP) is 6.37. The number of imide groups is 2. The van der Waals surface area contributed by atoms with Crippen LogP contribution in [-0.2, 0) is 38.1 Å². The van der Waals surface area contributed by atoms with E-state index in [2.05, 4.69) is 44.0 Å². The molecule has 5 amide bonds. The first-order valence-corrected chi connectivity index (χ1v) is 23.7. The van der Waals surface area contributed by atoms with Crippen LogP contribution in [0, 0.1) is 11.3 Å². The minimum absolute atomic E-state index is 0.0474. The van der Waals surface area contributed by atoms with E-state index in [1.165, 1.54) is 12.3 Å². The van der Waals surface area contributed by atoms with Crippen molar-refractivity contribution in [2.24, 2.45) is 4.99 Å². The molecule has 20 nitrogen and oxygen atoms in total. The number of ether oxygens (including phenoxy) is 7. The SMILES string of the molecule is C=N/C(=C\C=C/C)COc1ccc(Nc2c(C#N)cnc3cc(OCC)c(NC(=O)CCOCCOCCOCCOCCOCCNc4cccc5c4C(=O)N(C4CCC(=O)NC4=O)C5=O)cc23)cc1Cl. The van der Waals surface area contributed by atoms with Gasteiger partial charge in [0, 0.05) is 42.0 Å². The van der Waals surface area contributed by atoms with Gasteiger partial charge in [0.25, 0.3) is 11.8 Å². The maximum absolute atomic E-state index is 13.2. The topological polar surface area (TPSA) is 250 Å². The predicted molar refractivity (Wildman–Crippen MR) is 269 cm³/mol. The van der Waals surface area contributed by atoms with Gasteiger partial charge >= 0.3 is 0 Å². The van der Waals surface area contributed by atoms with E-state index in [0.717, 1.165) is 4.90 Å². The first kappa shape index (κ1) is 54.1. The van der Waals surface area contributed by atoms with Gasteiger partial charge in [0.2, 0.25) is 17.7 Å². The lowest BCUT2D eigenvalue weighted by atomic mass is 10.0. The molecular formula is C51H57ClN8O12. The van der Waals surface area contributed by atoms with Crippen LogP contribution in [0.15, 0.2) is 83.6 Å². The summed E-state index contributed by atoms with van der Waals surface area (Å²) in [7, 11) is 0. The van der Waals surface area contributed by atoms with Crippen molar-refractivity contribution >= 4 is 81.5 Å². The minimum atomic E-state index is -1.03. The first-order valence-electron chi connectivity index (χ1n) is 23.3. The fraction of sp³-hybridized carbons (Fsp3) is 0.373. The van der Waals surface area contributed by atoms with Gasteiger partial charge in [-0.1, -0.05) is 29.8 Å². The Morgan fingerprint density at radius 2 is 1.62 bits per heavy atom. The van der Waals surface area contributed by atoms with E-state index in [4.69, 9.17) is 44.8 Å². The van der Waals surface area contributed by atoms with Gasteiger partial charge in [0.15, 0.2) is 0 Å². The molecule has 3 heterocycles. The number of fused-ring (bicyclic) bond motifs is 2. The maximum Gasteiger partial charge on any atom is 0.264 e. The molecule has 4 aromatic rings. The van der Waals surface area contributed by atoms with Gasteiger partial charge in [-0.3, -0.25) is 44.2 Å². The lowest BCUT2D eigenvalue weighted by Crippen LogP contribution is -2.54. The molecule has 1 saturated heterocycles. The van der Waals surface area contributed by atoms with Crippen molar-refractivity contribution in [3.8, 4) is 17.6 Å². The fourth-order valence-corrected chi connectivity index (χ4v) is 7.67. The average molecular weight is 1010 g/mol. The lowest BCUT2D eigenvalue weighted by molar-refractivity contribution is -0.136. The van der Waals surface area contributed by atoms with Crippen molar-refractivity contribution in [2.75, 3.05) is 102 Å². The summed E-state index contributed by atoms with van der Waals surface area (Å²) in [6, 6.07) is 14.6. The Morgan fingerprint density at radius 1 is 0.917 bits per heavy atom. The zero-order chi connectivity index (χ0) is 51.2. The number of allylic oxidation sites excluding steroid dienone is 3. The molecule has 6 rings (SSSR count). The highest BCUT2D eigenvalue weighted by molar-refractivity contribution is 6.32. The number of benzene rings is 3. The zero-order valence-corrected chi connectivity index (χ0v) is 40.8. The largest absolute Gasteiger partial charge is 0.492 e. The number of nitrogens with zero attached hydrogens (tertiary/aromatic N) is 4. The van der Waals surface area contributed by atoms with Crippen molar-refractivity contribution in [2.45, 2.75) is 39.2 Å². The molecule has 1 fully saturated rings. The van der Waals surface area contributed by atoms with E-state index in [1.54, 1.807) is 48.5 Å². The van der Waals surface area contributed by atoms with E-state index >= 15 is 0 Å². The Kier molecular flexibility index (Phi) is 21.0. The number of amides is 5. The van der Waals surface area contributed by atoms with Crippen LogP contribution in [0.2, 0.25) is 5.02 Å². The fourth-order valence-electron chi connectivity index (χ4n) is 7.44. The smallest absolute Gasteiger partial charge is 0.264 e. The molecule has 4 N–H and O–H groups in total. The number of pyridine rings is 1. The number of anilines is 4. The van der Waals surface area contributed by atoms with E-state index in [1.807, 2.05) is 26.0 Å². The quantitative estimate of drug-likeness (QED) is 0.0192. The van der Waals surface area contributed by atoms with Crippen LogP contribution in [0.4, 0.5) is 22.7 Å². The number of halogens is 1. The molecule has 0 spiro atoms. The molecule has 1 atom stereocenters. The summed E-state index contributed by atoms with van der Waals surface area (Å²) in [6.45, 7) is 11.3. The van der Waals surface area contributed by atoms with Crippen LogP contribution in [0.5, 0.6) is 11.5 Å². The molecule has 72 heavy (non-hydrogen) atoms. The highest BCUT2D eigenvalue weighted by Gasteiger charge is 2.45. The van der Waals surface area contributed by atoms with Gasteiger partial charge in [-0.2, -0.15) is 5.26 Å². The number of aromatic nitrogens is 1. The second-order valence-corrected chi connectivity index (χ2v) is 16.2. The van der Waals surface area contributed by atoms with E-state index in [9.17, 15) is 29.2 Å². The minimum Gasteiger partial charge on any atom is -0.492 e. The van der Waals surface area contributed by atoms with Crippen LogP contribution in [0.25, 0.3) is 10.9 Å². The van der Waals surface area contributed by atoms with Gasteiger partial charge in [-0.15, -0.1) is 0 Å². The van der Waals surface area contributed by atoms with Crippen molar-refractivity contribution in [1.29, 1.82) is 5.26 Å². The van der Waals surface area contributed by atoms with E-state index in [0.29, 0.717) is 122 Å². The normalized spacial score (nSPS) is 14.6. The monoisotopic (exact) mass is 1010 g/mol. The molecule has 0 radical (unpaired) electrons. The molecule has 1 unspecified atom stereocenters. The molecule has 3 aromatic carbocycles. The van der Waals surface area contributed by atoms with Crippen LogP contribution < -0.4 is 30.7 Å². The van der Waals surface area contributed by atoms with Gasteiger partial charge in [0.05, 0.1) is 123 Å². The Bertz CT molecular complexity index is 2710. The molecule has 0 bridgehead atoms. The Balaban J connectivity index is 0.828. The number of piperidine rings is 1. The number of nitriles is 1. The third kappa shape index (κ3) is 14.9. The second-order valence-electron chi connectivity index (χ2n) is 15.8. The molecule has 2 aliphatic heterocycles. The average Bonchev–Trinajstić information content (AvgIpc) is 3.62. The van der Waals surface area contributed by atoms with E-state index < -0.39 is 29.7 Å². The number of carbonyl (C=O) groups is 5.